The van der Waals surface area contributed by atoms with Gasteiger partial charge < -0.3 is 19.5 Å². The molecule has 1 N–H and O–H groups in total. The van der Waals surface area contributed by atoms with Crippen LogP contribution >= 0.6 is 0 Å². The number of nitrogens with zero attached hydrogens (tertiary/aromatic N) is 1. The number of ether oxygens (including phenoxy) is 3. The fraction of sp³-hybridized carbons (Fsp3) is 0.176. The van der Waals surface area contributed by atoms with Gasteiger partial charge in [-0.1, -0.05) is 6.07 Å². The fourth-order valence-electron chi connectivity index (χ4n) is 2.07. The van der Waals surface area contributed by atoms with Gasteiger partial charge in [-0.3, -0.25) is 14.9 Å². The average Bonchev–Trinajstić information content (AvgIpc) is 2.65. The number of amides is 1. The van der Waals surface area contributed by atoms with Crippen LogP contribution in [0.4, 0.5) is 11.4 Å². The monoisotopic (exact) mass is 360 g/mol. The number of benzene rings is 2. The van der Waals surface area contributed by atoms with Crippen LogP contribution in [0.1, 0.15) is 10.4 Å². The number of nitro groups is 1. The van der Waals surface area contributed by atoms with Crippen LogP contribution in [0.2, 0.25) is 0 Å². The Morgan fingerprint density at radius 3 is 2.54 bits per heavy atom. The van der Waals surface area contributed by atoms with Crippen molar-refractivity contribution < 1.29 is 28.7 Å². The zero-order chi connectivity index (χ0) is 19.1. The molecule has 136 valence electrons. The predicted octanol–water partition coefficient (Wildman–Crippen LogP) is 2.41. The van der Waals surface area contributed by atoms with Gasteiger partial charge in [-0.2, -0.15) is 0 Å². The molecule has 0 fully saturated rings. The lowest BCUT2D eigenvalue weighted by Gasteiger charge is -2.12. The number of nitro benzene ring substituents is 1. The van der Waals surface area contributed by atoms with Crippen LogP contribution in [0.15, 0.2) is 42.5 Å². The fourth-order valence-corrected chi connectivity index (χ4v) is 2.07. The van der Waals surface area contributed by atoms with Crippen LogP contribution in [-0.2, 0) is 9.53 Å². The van der Waals surface area contributed by atoms with Gasteiger partial charge in [0.2, 0.25) is 0 Å². The highest BCUT2D eigenvalue weighted by Gasteiger charge is 2.13. The highest BCUT2D eigenvalue weighted by atomic mass is 16.6. The van der Waals surface area contributed by atoms with E-state index in [-0.39, 0.29) is 35.0 Å². The van der Waals surface area contributed by atoms with Crippen molar-refractivity contribution in [1.29, 1.82) is 0 Å². The summed E-state index contributed by atoms with van der Waals surface area (Å²) >= 11 is 0. The van der Waals surface area contributed by atoms with Crippen LogP contribution < -0.4 is 14.8 Å². The number of nitrogens with one attached hydrogen (secondary N) is 1. The lowest BCUT2D eigenvalue weighted by molar-refractivity contribution is -0.384. The Hall–Kier alpha value is -3.62. The summed E-state index contributed by atoms with van der Waals surface area (Å²) in [4.78, 5) is 33.7. The number of carbonyl (C=O) groups excluding carboxylic acids is 2. The van der Waals surface area contributed by atoms with Crippen LogP contribution in [0.3, 0.4) is 0 Å². The van der Waals surface area contributed by atoms with Crippen molar-refractivity contribution >= 4 is 23.3 Å². The summed E-state index contributed by atoms with van der Waals surface area (Å²) in [5.74, 6) is -0.520. The summed E-state index contributed by atoms with van der Waals surface area (Å²) in [5, 5.41) is 13.2. The second kappa shape index (κ2) is 8.47. The molecule has 0 atom stereocenters. The van der Waals surface area contributed by atoms with E-state index in [1.54, 1.807) is 0 Å². The molecule has 0 saturated carbocycles. The zero-order valence-electron chi connectivity index (χ0n) is 14.1. The van der Waals surface area contributed by atoms with E-state index in [0.717, 1.165) is 0 Å². The molecule has 0 aliphatic heterocycles. The molecule has 1 amide bonds. The topological polar surface area (TPSA) is 117 Å². The molecule has 2 aromatic rings. The minimum absolute atomic E-state index is 0.135. The Morgan fingerprint density at radius 1 is 1.12 bits per heavy atom. The van der Waals surface area contributed by atoms with Gasteiger partial charge in [0.25, 0.3) is 11.6 Å². The molecule has 0 aliphatic carbocycles. The van der Waals surface area contributed by atoms with Crippen molar-refractivity contribution in [2.24, 2.45) is 0 Å². The molecular formula is C17H16N2O7. The third-order valence-electron chi connectivity index (χ3n) is 3.28. The SMILES string of the molecule is COC(=O)c1ccc(OCC(=O)Nc2cccc([N+](=O)[O-])c2)c(OC)c1. The number of hydrogen-bond acceptors (Lipinski definition) is 7. The second-order valence-electron chi connectivity index (χ2n) is 5.00. The van der Waals surface area contributed by atoms with Gasteiger partial charge in [0.1, 0.15) is 0 Å². The first-order valence-electron chi connectivity index (χ1n) is 7.38. The minimum atomic E-state index is -0.556. The maximum absolute atomic E-state index is 12.0. The van der Waals surface area contributed by atoms with Crippen LogP contribution in [0, 0.1) is 10.1 Å². The molecule has 0 radical (unpaired) electrons. The third-order valence-corrected chi connectivity index (χ3v) is 3.28. The van der Waals surface area contributed by atoms with Crippen LogP contribution in [-0.4, -0.2) is 37.6 Å². The van der Waals surface area contributed by atoms with Gasteiger partial charge in [-0.05, 0) is 24.3 Å². The Kier molecular flexibility index (Phi) is 6.10. The molecule has 26 heavy (non-hydrogen) atoms. The molecule has 2 rings (SSSR count). The Morgan fingerprint density at radius 2 is 1.88 bits per heavy atom. The minimum Gasteiger partial charge on any atom is -0.493 e. The molecule has 9 heteroatoms. The first-order valence-corrected chi connectivity index (χ1v) is 7.38. The lowest BCUT2D eigenvalue weighted by atomic mass is 10.2. The van der Waals surface area contributed by atoms with Gasteiger partial charge in [-0.15, -0.1) is 0 Å². The summed E-state index contributed by atoms with van der Waals surface area (Å²) < 4.78 is 15.1. The number of hydrogen-bond donors (Lipinski definition) is 1. The molecule has 0 bridgehead atoms. The maximum Gasteiger partial charge on any atom is 0.337 e. The Labute approximate surface area is 148 Å². The maximum atomic E-state index is 12.0. The second-order valence-corrected chi connectivity index (χ2v) is 5.00. The highest BCUT2D eigenvalue weighted by molar-refractivity contribution is 5.92. The van der Waals surface area contributed by atoms with Gasteiger partial charge in [0.05, 0.1) is 24.7 Å². The van der Waals surface area contributed by atoms with E-state index < -0.39 is 16.8 Å². The predicted molar refractivity (Wildman–Crippen MR) is 91.6 cm³/mol. The van der Waals surface area contributed by atoms with Crippen molar-refractivity contribution in [2.75, 3.05) is 26.1 Å². The lowest BCUT2D eigenvalue weighted by Crippen LogP contribution is -2.20. The largest absolute Gasteiger partial charge is 0.493 e. The van der Waals surface area contributed by atoms with Gasteiger partial charge in [0.15, 0.2) is 18.1 Å². The summed E-state index contributed by atoms with van der Waals surface area (Å²) in [5.41, 5.74) is 0.419. The van der Waals surface area contributed by atoms with E-state index in [0.29, 0.717) is 0 Å². The van der Waals surface area contributed by atoms with E-state index in [4.69, 9.17) is 9.47 Å². The Bertz CT molecular complexity index is 836. The smallest absolute Gasteiger partial charge is 0.337 e. The summed E-state index contributed by atoms with van der Waals surface area (Å²) in [6.45, 7) is -0.351. The molecule has 0 aliphatic rings. The standard InChI is InChI=1S/C17H16N2O7/c1-24-15-8-11(17(21)25-2)6-7-14(15)26-10-16(20)18-12-4-3-5-13(9-12)19(22)23/h3-9H,10H2,1-2H3,(H,18,20). The van der Waals surface area contributed by atoms with Crippen molar-refractivity contribution in [3.05, 3.63) is 58.1 Å². The first kappa shape index (κ1) is 18.7. The summed E-state index contributed by atoms with van der Waals surface area (Å²) in [7, 11) is 2.66. The van der Waals surface area contributed by atoms with E-state index in [2.05, 4.69) is 10.1 Å². The normalized spacial score (nSPS) is 9.92. The molecule has 9 nitrogen and oxygen atoms in total. The van der Waals surface area contributed by atoms with Crippen molar-refractivity contribution in [2.45, 2.75) is 0 Å². The van der Waals surface area contributed by atoms with Gasteiger partial charge in [0, 0.05) is 17.8 Å². The number of carbonyl (C=O) groups is 2. The molecule has 2 aromatic carbocycles. The number of rotatable bonds is 7. The van der Waals surface area contributed by atoms with Crippen molar-refractivity contribution in [1.82, 2.24) is 0 Å². The van der Waals surface area contributed by atoms with E-state index in [9.17, 15) is 19.7 Å². The molecule has 0 saturated heterocycles. The molecular weight excluding hydrogens is 344 g/mol. The van der Waals surface area contributed by atoms with Crippen LogP contribution in [0.5, 0.6) is 11.5 Å². The number of methoxy groups -OCH3 is 2. The number of anilines is 1. The zero-order valence-corrected chi connectivity index (χ0v) is 14.1. The molecule has 0 heterocycles. The van der Waals surface area contributed by atoms with Crippen LogP contribution in [0.25, 0.3) is 0 Å². The first-order chi connectivity index (χ1) is 12.4. The number of non-ortho nitro benzene ring substituents is 1. The summed E-state index contributed by atoms with van der Waals surface area (Å²) in [6, 6.07) is 9.93. The quantitative estimate of drug-likeness (QED) is 0.458. The van der Waals surface area contributed by atoms with E-state index in [1.165, 1.54) is 56.7 Å². The Balaban J connectivity index is 2.02. The van der Waals surface area contributed by atoms with Gasteiger partial charge >= 0.3 is 5.97 Å². The highest BCUT2D eigenvalue weighted by Crippen LogP contribution is 2.28. The molecule has 0 aromatic heterocycles. The molecule has 0 unspecified atom stereocenters. The van der Waals surface area contributed by atoms with Crippen molar-refractivity contribution in [3.8, 4) is 11.5 Å². The van der Waals surface area contributed by atoms with Gasteiger partial charge in [-0.25, -0.2) is 4.79 Å². The van der Waals surface area contributed by atoms with E-state index >= 15 is 0 Å². The number of esters is 1. The molecule has 0 spiro atoms. The summed E-state index contributed by atoms with van der Waals surface area (Å²) in [6.07, 6.45) is 0. The van der Waals surface area contributed by atoms with Crippen molar-refractivity contribution in [3.63, 3.8) is 0 Å². The van der Waals surface area contributed by atoms with E-state index in [1.807, 2.05) is 0 Å². The average molecular weight is 360 g/mol. The third kappa shape index (κ3) is 4.69.